The quantitative estimate of drug-likeness (QED) is 0.872. The second-order valence-corrected chi connectivity index (χ2v) is 5.84. The molecule has 0 amide bonds. The molecule has 0 spiro atoms. The number of nitrogen functional groups attached to an aromatic ring is 1. The summed E-state index contributed by atoms with van der Waals surface area (Å²) in [7, 11) is 1.69. The lowest BCUT2D eigenvalue weighted by Gasteiger charge is -2.22. The van der Waals surface area contributed by atoms with Gasteiger partial charge in [0.25, 0.3) is 0 Å². The molecule has 0 aromatic heterocycles. The van der Waals surface area contributed by atoms with Crippen LogP contribution in [0, 0.1) is 0 Å². The zero-order valence-corrected chi connectivity index (χ0v) is 13.0. The number of hydrogen-bond donors (Lipinski definition) is 1. The van der Waals surface area contributed by atoms with Gasteiger partial charge >= 0.3 is 0 Å². The molecule has 0 fully saturated rings. The standard InChI is InChI=1S/C16H17BrN2O/c1-20-13-5-6-14(17)12(9-13)10-19-8-7-11-3-2-4-15(18)16(11)19/h2-6,9H,7-8,10,18H2,1H3. The minimum absolute atomic E-state index is 0.832. The van der Waals surface area contributed by atoms with E-state index < -0.39 is 0 Å². The SMILES string of the molecule is COc1ccc(Br)c(CN2CCc3cccc(N)c32)c1. The zero-order chi connectivity index (χ0) is 14.1. The number of para-hydroxylation sites is 1. The van der Waals surface area contributed by atoms with Crippen molar-refractivity contribution in [3.05, 3.63) is 52.0 Å². The number of benzene rings is 2. The fraction of sp³-hybridized carbons (Fsp3) is 0.250. The molecule has 0 radical (unpaired) electrons. The molecular weight excluding hydrogens is 316 g/mol. The van der Waals surface area contributed by atoms with Crippen molar-refractivity contribution in [2.24, 2.45) is 0 Å². The molecule has 1 heterocycles. The summed E-state index contributed by atoms with van der Waals surface area (Å²) in [5, 5.41) is 0. The first kappa shape index (κ1) is 13.3. The number of nitrogens with two attached hydrogens (primary N) is 1. The van der Waals surface area contributed by atoms with Crippen molar-refractivity contribution in [1.29, 1.82) is 0 Å². The molecule has 0 saturated heterocycles. The van der Waals surface area contributed by atoms with Crippen molar-refractivity contribution >= 4 is 27.3 Å². The highest BCUT2D eigenvalue weighted by Crippen LogP contribution is 2.35. The van der Waals surface area contributed by atoms with Crippen LogP contribution >= 0.6 is 15.9 Å². The maximum atomic E-state index is 6.13. The summed E-state index contributed by atoms with van der Waals surface area (Å²) in [6, 6.07) is 12.2. The average molecular weight is 333 g/mol. The minimum Gasteiger partial charge on any atom is -0.497 e. The monoisotopic (exact) mass is 332 g/mol. The summed E-state index contributed by atoms with van der Waals surface area (Å²) in [5.41, 5.74) is 10.7. The fourth-order valence-electron chi connectivity index (χ4n) is 2.73. The van der Waals surface area contributed by atoms with Gasteiger partial charge in [0.15, 0.2) is 0 Å². The Hall–Kier alpha value is -1.68. The van der Waals surface area contributed by atoms with Crippen LogP contribution in [0.25, 0.3) is 0 Å². The molecule has 0 bridgehead atoms. The van der Waals surface area contributed by atoms with Crippen LogP contribution < -0.4 is 15.4 Å². The topological polar surface area (TPSA) is 38.5 Å². The van der Waals surface area contributed by atoms with Gasteiger partial charge in [-0.2, -0.15) is 0 Å². The number of hydrogen-bond acceptors (Lipinski definition) is 3. The van der Waals surface area contributed by atoms with Crippen LogP contribution in [0.4, 0.5) is 11.4 Å². The Balaban J connectivity index is 1.91. The van der Waals surface area contributed by atoms with Crippen LogP contribution in [-0.4, -0.2) is 13.7 Å². The Morgan fingerprint density at radius 3 is 2.95 bits per heavy atom. The zero-order valence-electron chi connectivity index (χ0n) is 11.4. The molecule has 0 unspecified atom stereocenters. The second kappa shape index (κ2) is 5.37. The molecule has 2 aromatic rings. The largest absolute Gasteiger partial charge is 0.497 e. The molecule has 2 aromatic carbocycles. The number of anilines is 2. The van der Waals surface area contributed by atoms with E-state index >= 15 is 0 Å². The van der Waals surface area contributed by atoms with Gasteiger partial charge in [-0.05, 0) is 41.8 Å². The molecule has 0 atom stereocenters. The van der Waals surface area contributed by atoms with E-state index in [4.69, 9.17) is 10.5 Å². The first-order valence-corrected chi connectivity index (χ1v) is 7.43. The highest BCUT2D eigenvalue weighted by Gasteiger charge is 2.22. The van der Waals surface area contributed by atoms with E-state index in [-0.39, 0.29) is 0 Å². The third-order valence-corrected chi connectivity index (χ3v) is 4.51. The number of methoxy groups -OCH3 is 1. The van der Waals surface area contributed by atoms with Gasteiger partial charge in [0.05, 0.1) is 18.5 Å². The van der Waals surface area contributed by atoms with Gasteiger partial charge in [-0.25, -0.2) is 0 Å². The van der Waals surface area contributed by atoms with E-state index in [1.54, 1.807) is 7.11 Å². The highest BCUT2D eigenvalue weighted by molar-refractivity contribution is 9.10. The molecule has 2 N–H and O–H groups in total. The maximum Gasteiger partial charge on any atom is 0.119 e. The van der Waals surface area contributed by atoms with Gasteiger partial charge in [0, 0.05) is 17.6 Å². The lowest BCUT2D eigenvalue weighted by Crippen LogP contribution is -2.20. The van der Waals surface area contributed by atoms with E-state index in [1.165, 1.54) is 16.8 Å². The summed E-state index contributed by atoms with van der Waals surface area (Å²) in [4.78, 5) is 2.34. The molecule has 3 nitrogen and oxygen atoms in total. The number of rotatable bonds is 3. The van der Waals surface area contributed by atoms with Gasteiger partial charge in [-0.1, -0.05) is 28.1 Å². The average Bonchev–Trinajstić information content (AvgIpc) is 2.86. The van der Waals surface area contributed by atoms with Gasteiger partial charge in [-0.15, -0.1) is 0 Å². The van der Waals surface area contributed by atoms with Gasteiger partial charge in [-0.3, -0.25) is 0 Å². The van der Waals surface area contributed by atoms with E-state index in [1.807, 2.05) is 24.3 Å². The predicted molar refractivity (Wildman–Crippen MR) is 86.3 cm³/mol. The molecule has 4 heteroatoms. The molecule has 1 aliphatic heterocycles. The second-order valence-electron chi connectivity index (χ2n) is 4.98. The maximum absolute atomic E-state index is 6.13. The van der Waals surface area contributed by atoms with Gasteiger partial charge in [0.1, 0.15) is 5.75 Å². The smallest absolute Gasteiger partial charge is 0.119 e. The van der Waals surface area contributed by atoms with Crippen molar-refractivity contribution in [2.45, 2.75) is 13.0 Å². The van der Waals surface area contributed by atoms with Crippen LogP contribution in [0.2, 0.25) is 0 Å². The molecular formula is C16H17BrN2O. The van der Waals surface area contributed by atoms with Crippen LogP contribution in [0.5, 0.6) is 5.75 Å². The van der Waals surface area contributed by atoms with Crippen molar-refractivity contribution in [1.82, 2.24) is 0 Å². The predicted octanol–water partition coefficient (Wildman–Crippen LogP) is 3.60. The third-order valence-electron chi connectivity index (χ3n) is 3.73. The third kappa shape index (κ3) is 2.36. The van der Waals surface area contributed by atoms with E-state index in [2.05, 4.69) is 33.0 Å². The van der Waals surface area contributed by atoms with Gasteiger partial charge in [0.2, 0.25) is 0 Å². The first-order valence-electron chi connectivity index (χ1n) is 6.64. The normalized spacial score (nSPS) is 13.4. The molecule has 0 saturated carbocycles. The van der Waals surface area contributed by atoms with Crippen LogP contribution in [0.1, 0.15) is 11.1 Å². The fourth-order valence-corrected chi connectivity index (χ4v) is 3.10. The molecule has 20 heavy (non-hydrogen) atoms. The van der Waals surface area contributed by atoms with E-state index in [0.29, 0.717) is 0 Å². The lowest BCUT2D eigenvalue weighted by atomic mass is 10.1. The van der Waals surface area contributed by atoms with Gasteiger partial charge < -0.3 is 15.4 Å². The van der Waals surface area contributed by atoms with Crippen LogP contribution in [0.3, 0.4) is 0 Å². The number of nitrogens with zero attached hydrogens (tertiary/aromatic N) is 1. The summed E-state index contributed by atoms with van der Waals surface area (Å²) in [6.07, 6.45) is 1.06. The molecule has 1 aliphatic rings. The van der Waals surface area contributed by atoms with E-state index in [0.717, 1.165) is 35.4 Å². The Kier molecular flexibility index (Phi) is 3.57. The summed E-state index contributed by atoms with van der Waals surface area (Å²) >= 11 is 3.61. The summed E-state index contributed by atoms with van der Waals surface area (Å²) < 4.78 is 6.40. The van der Waals surface area contributed by atoms with Crippen molar-refractivity contribution in [3.8, 4) is 5.75 Å². The first-order chi connectivity index (χ1) is 9.69. The minimum atomic E-state index is 0.832. The summed E-state index contributed by atoms with van der Waals surface area (Å²) in [6.45, 7) is 1.84. The van der Waals surface area contributed by atoms with Crippen molar-refractivity contribution < 1.29 is 4.74 Å². The Morgan fingerprint density at radius 1 is 1.30 bits per heavy atom. The van der Waals surface area contributed by atoms with Crippen molar-refractivity contribution in [2.75, 3.05) is 24.3 Å². The highest BCUT2D eigenvalue weighted by atomic mass is 79.9. The summed E-state index contributed by atoms with van der Waals surface area (Å²) in [5.74, 6) is 0.878. The molecule has 0 aliphatic carbocycles. The molecule has 3 rings (SSSR count). The number of halogens is 1. The van der Waals surface area contributed by atoms with Crippen LogP contribution in [0.15, 0.2) is 40.9 Å². The van der Waals surface area contributed by atoms with Crippen LogP contribution in [-0.2, 0) is 13.0 Å². The Labute approximate surface area is 127 Å². The Morgan fingerprint density at radius 2 is 2.15 bits per heavy atom. The van der Waals surface area contributed by atoms with E-state index in [9.17, 15) is 0 Å². The molecule has 104 valence electrons. The lowest BCUT2D eigenvalue weighted by molar-refractivity contribution is 0.414. The Bertz CT molecular complexity index is 642. The number of fused-ring (bicyclic) bond motifs is 1. The number of ether oxygens (including phenoxy) is 1. The van der Waals surface area contributed by atoms with Crippen molar-refractivity contribution in [3.63, 3.8) is 0 Å².